The molecule has 130 valence electrons. The number of H-pyrrole nitrogens is 1. The molecule has 1 aliphatic rings. The van der Waals surface area contributed by atoms with E-state index in [9.17, 15) is 5.11 Å². The number of rotatable bonds is 1. The van der Waals surface area contributed by atoms with Gasteiger partial charge in [0.2, 0.25) is 6.79 Å². The van der Waals surface area contributed by atoms with Gasteiger partial charge in [-0.05, 0) is 54.2 Å². The fraction of sp³-hybridized carbons (Fsp3) is 0.333. The second-order valence-corrected chi connectivity index (χ2v) is 7.82. The van der Waals surface area contributed by atoms with Gasteiger partial charge in [0, 0.05) is 22.7 Å². The van der Waals surface area contributed by atoms with Crippen LogP contribution in [-0.2, 0) is 5.41 Å². The molecule has 0 atom stereocenters. The zero-order chi connectivity index (χ0) is 17.9. The van der Waals surface area contributed by atoms with Crippen molar-refractivity contribution >= 4 is 10.9 Å². The number of aromatic nitrogens is 1. The maximum absolute atomic E-state index is 10.5. The highest BCUT2D eigenvalue weighted by Gasteiger charge is 2.23. The lowest BCUT2D eigenvalue weighted by molar-refractivity contribution is 0.174. The first-order chi connectivity index (χ1) is 11.8. The van der Waals surface area contributed by atoms with E-state index in [-0.39, 0.29) is 12.2 Å². The van der Waals surface area contributed by atoms with Crippen LogP contribution in [-0.4, -0.2) is 16.9 Å². The molecule has 0 amide bonds. The zero-order valence-corrected chi connectivity index (χ0v) is 15.3. The Morgan fingerprint density at radius 3 is 2.36 bits per heavy atom. The van der Waals surface area contributed by atoms with Crippen molar-refractivity contribution in [3.63, 3.8) is 0 Å². The van der Waals surface area contributed by atoms with Crippen LogP contribution in [0.1, 0.15) is 37.5 Å². The average Bonchev–Trinajstić information content (AvgIpc) is 3.11. The van der Waals surface area contributed by atoms with Gasteiger partial charge in [-0.2, -0.15) is 0 Å². The first-order valence-corrected chi connectivity index (χ1v) is 8.52. The van der Waals surface area contributed by atoms with Crippen LogP contribution in [0, 0.1) is 13.8 Å². The van der Waals surface area contributed by atoms with Crippen LogP contribution in [0.5, 0.6) is 17.2 Å². The van der Waals surface area contributed by atoms with E-state index < -0.39 is 0 Å². The summed E-state index contributed by atoms with van der Waals surface area (Å²) in [4.78, 5) is 3.52. The number of aromatic amines is 1. The topological polar surface area (TPSA) is 54.5 Å². The number of nitrogens with one attached hydrogen (secondary N) is 1. The summed E-state index contributed by atoms with van der Waals surface area (Å²) in [6.45, 7) is 10.7. The molecule has 0 fully saturated rings. The molecule has 0 aliphatic carbocycles. The molecule has 2 heterocycles. The molecule has 0 radical (unpaired) electrons. The van der Waals surface area contributed by atoms with Crippen LogP contribution >= 0.6 is 0 Å². The van der Waals surface area contributed by atoms with E-state index in [2.05, 4.69) is 38.7 Å². The molecule has 4 rings (SSSR count). The fourth-order valence-electron chi connectivity index (χ4n) is 3.50. The first-order valence-electron chi connectivity index (χ1n) is 8.52. The normalized spacial score (nSPS) is 13.6. The highest BCUT2D eigenvalue weighted by atomic mass is 16.7. The van der Waals surface area contributed by atoms with Crippen LogP contribution in [0.25, 0.3) is 22.2 Å². The van der Waals surface area contributed by atoms with Crippen molar-refractivity contribution < 1.29 is 14.6 Å². The summed E-state index contributed by atoms with van der Waals surface area (Å²) in [5.74, 6) is 1.95. The molecule has 3 aromatic rings. The number of phenolic OH excluding ortho intramolecular Hbond substituents is 1. The standard InChI is InChI=1S/C21H23NO3/c1-11-6-13(7-15(20(11)23)21(3,4)5)19-12(2)14-8-17-18(25-10-24-17)9-16(14)22-19/h6-9,22-23H,10H2,1-5H3. The summed E-state index contributed by atoms with van der Waals surface area (Å²) < 4.78 is 11.0. The maximum Gasteiger partial charge on any atom is 0.231 e. The minimum atomic E-state index is -0.131. The van der Waals surface area contributed by atoms with E-state index in [0.717, 1.165) is 44.8 Å². The van der Waals surface area contributed by atoms with Crippen molar-refractivity contribution in [2.24, 2.45) is 0 Å². The van der Waals surface area contributed by atoms with Gasteiger partial charge < -0.3 is 19.6 Å². The number of hydrogen-bond donors (Lipinski definition) is 2. The van der Waals surface area contributed by atoms with Crippen molar-refractivity contribution in [3.8, 4) is 28.5 Å². The van der Waals surface area contributed by atoms with Gasteiger partial charge in [-0.25, -0.2) is 0 Å². The Kier molecular flexibility index (Phi) is 3.29. The molecule has 0 unspecified atom stereocenters. The number of benzene rings is 2. The molecular formula is C21H23NO3. The monoisotopic (exact) mass is 337 g/mol. The van der Waals surface area contributed by atoms with Crippen molar-refractivity contribution in [2.45, 2.75) is 40.0 Å². The number of aryl methyl sites for hydroxylation is 2. The highest BCUT2D eigenvalue weighted by molar-refractivity contribution is 5.93. The van der Waals surface area contributed by atoms with Crippen LogP contribution in [0.15, 0.2) is 24.3 Å². The maximum atomic E-state index is 10.5. The van der Waals surface area contributed by atoms with Gasteiger partial charge in [-0.3, -0.25) is 0 Å². The molecular weight excluding hydrogens is 314 g/mol. The van der Waals surface area contributed by atoms with E-state index in [1.807, 2.05) is 25.1 Å². The first kappa shape index (κ1) is 15.9. The number of aromatic hydroxyl groups is 1. The molecule has 1 aromatic heterocycles. The van der Waals surface area contributed by atoms with Crippen molar-refractivity contribution in [3.05, 3.63) is 41.0 Å². The predicted molar refractivity (Wildman–Crippen MR) is 99.7 cm³/mol. The van der Waals surface area contributed by atoms with E-state index in [0.29, 0.717) is 5.75 Å². The van der Waals surface area contributed by atoms with Gasteiger partial charge in [-0.15, -0.1) is 0 Å². The molecule has 0 spiro atoms. The van der Waals surface area contributed by atoms with E-state index in [4.69, 9.17) is 9.47 Å². The summed E-state index contributed by atoms with van der Waals surface area (Å²) in [6.07, 6.45) is 0. The van der Waals surface area contributed by atoms with Crippen LogP contribution in [0.3, 0.4) is 0 Å². The number of phenols is 1. The Morgan fingerprint density at radius 2 is 1.68 bits per heavy atom. The molecule has 25 heavy (non-hydrogen) atoms. The quantitative estimate of drug-likeness (QED) is 0.643. The average molecular weight is 337 g/mol. The Bertz CT molecular complexity index is 993. The van der Waals surface area contributed by atoms with Crippen LogP contribution < -0.4 is 9.47 Å². The smallest absolute Gasteiger partial charge is 0.231 e. The Balaban J connectivity index is 1.93. The van der Waals surface area contributed by atoms with Crippen molar-refractivity contribution in [1.82, 2.24) is 4.98 Å². The largest absolute Gasteiger partial charge is 0.507 e. The summed E-state index contributed by atoms with van der Waals surface area (Å²) in [5.41, 5.74) is 6.04. The summed E-state index contributed by atoms with van der Waals surface area (Å²) in [6, 6.07) is 8.14. The molecule has 0 bridgehead atoms. The second-order valence-electron chi connectivity index (χ2n) is 7.82. The minimum absolute atomic E-state index is 0.131. The third-order valence-electron chi connectivity index (χ3n) is 4.95. The van der Waals surface area contributed by atoms with Gasteiger partial charge >= 0.3 is 0 Å². The molecule has 1 aliphatic heterocycles. The molecule has 0 saturated heterocycles. The van der Waals surface area contributed by atoms with Gasteiger partial charge in [-0.1, -0.05) is 20.8 Å². The van der Waals surface area contributed by atoms with Crippen LogP contribution in [0.2, 0.25) is 0 Å². The van der Waals surface area contributed by atoms with E-state index in [1.165, 1.54) is 5.56 Å². The van der Waals surface area contributed by atoms with E-state index >= 15 is 0 Å². The molecule has 0 saturated carbocycles. The van der Waals surface area contributed by atoms with Gasteiger partial charge in [0.1, 0.15) is 5.75 Å². The van der Waals surface area contributed by atoms with Gasteiger partial charge in [0.25, 0.3) is 0 Å². The lowest BCUT2D eigenvalue weighted by Crippen LogP contribution is -2.12. The third-order valence-corrected chi connectivity index (χ3v) is 4.95. The lowest BCUT2D eigenvalue weighted by Gasteiger charge is -2.22. The predicted octanol–water partition coefficient (Wildman–Crippen LogP) is 5.18. The minimum Gasteiger partial charge on any atom is -0.507 e. The Labute approximate surface area is 147 Å². The van der Waals surface area contributed by atoms with Gasteiger partial charge in [0.05, 0.1) is 5.52 Å². The Hall–Kier alpha value is -2.62. The summed E-state index contributed by atoms with van der Waals surface area (Å²) >= 11 is 0. The molecule has 2 aromatic carbocycles. The van der Waals surface area contributed by atoms with E-state index in [1.54, 1.807) is 0 Å². The summed E-state index contributed by atoms with van der Waals surface area (Å²) in [5, 5.41) is 11.6. The number of hydrogen-bond acceptors (Lipinski definition) is 3. The summed E-state index contributed by atoms with van der Waals surface area (Å²) in [7, 11) is 0. The molecule has 4 heteroatoms. The molecule has 4 nitrogen and oxygen atoms in total. The van der Waals surface area contributed by atoms with Gasteiger partial charge in [0.15, 0.2) is 11.5 Å². The van der Waals surface area contributed by atoms with Crippen molar-refractivity contribution in [2.75, 3.05) is 6.79 Å². The Morgan fingerprint density at radius 1 is 1.00 bits per heavy atom. The number of fused-ring (bicyclic) bond motifs is 2. The number of ether oxygens (including phenoxy) is 2. The fourth-order valence-corrected chi connectivity index (χ4v) is 3.50. The molecule has 2 N–H and O–H groups in total. The third kappa shape index (κ3) is 2.44. The lowest BCUT2D eigenvalue weighted by atomic mass is 9.83. The zero-order valence-electron chi connectivity index (χ0n) is 15.3. The SMILES string of the molecule is Cc1cc(-c2[nH]c3cc4c(cc3c2C)OCO4)cc(C(C)(C)C)c1O. The second kappa shape index (κ2) is 5.19. The van der Waals surface area contributed by atoms with Crippen molar-refractivity contribution in [1.29, 1.82) is 0 Å². The van der Waals surface area contributed by atoms with Crippen LogP contribution in [0.4, 0.5) is 0 Å². The highest BCUT2D eigenvalue weighted by Crippen LogP contribution is 2.42.